The fraction of sp³-hybridized carbons (Fsp3) is 0.250. The third-order valence-corrected chi connectivity index (χ3v) is 1.76. The Kier molecular flexibility index (Phi) is 4.36. The van der Waals surface area contributed by atoms with Crippen molar-refractivity contribution in [2.75, 3.05) is 6.61 Å². The van der Waals surface area contributed by atoms with Gasteiger partial charge in [0.1, 0.15) is 11.6 Å². The molecule has 0 unspecified atom stereocenters. The van der Waals surface area contributed by atoms with Gasteiger partial charge in [0.2, 0.25) is 0 Å². The lowest BCUT2D eigenvalue weighted by molar-refractivity contribution is 0.111. The third-order valence-electron chi connectivity index (χ3n) is 1.76. The summed E-state index contributed by atoms with van der Waals surface area (Å²) in [7, 11) is 0. The van der Waals surface area contributed by atoms with Crippen LogP contribution in [0.1, 0.15) is 23.7 Å². The minimum atomic E-state index is -0.446. The van der Waals surface area contributed by atoms with Gasteiger partial charge in [0.15, 0.2) is 6.29 Å². The predicted octanol–water partition coefficient (Wildman–Crippen LogP) is 2.43. The van der Waals surface area contributed by atoms with E-state index < -0.39 is 5.82 Å². The van der Waals surface area contributed by atoms with Crippen LogP contribution >= 0.6 is 0 Å². The maximum atomic E-state index is 12.7. The van der Waals surface area contributed by atoms with Crippen LogP contribution in [0.4, 0.5) is 4.39 Å². The van der Waals surface area contributed by atoms with E-state index in [1.807, 2.05) is 0 Å². The third kappa shape index (κ3) is 3.43. The molecule has 0 spiro atoms. The quantitative estimate of drug-likeness (QED) is 0.429. The van der Waals surface area contributed by atoms with E-state index in [2.05, 4.69) is 11.8 Å². The van der Waals surface area contributed by atoms with E-state index in [-0.39, 0.29) is 5.56 Å². The van der Waals surface area contributed by atoms with Crippen molar-refractivity contribution >= 4 is 6.29 Å². The summed E-state index contributed by atoms with van der Waals surface area (Å²) in [4.78, 5) is 10.6. The summed E-state index contributed by atoms with van der Waals surface area (Å²) >= 11 is 0. The number of carbonyl (C=O) groups is 1. The summed E-state index contributed by atoms with van der Waals surface area (Å²) in [5.41, 5.74) is 0.222. The van der Waals surface area contributed by atoms with Crippen molar-refractivity contribution < 1.29 is 13.9 Å². The Hall–Kier alpha value is -1.82. The summed E-state index contributed by atoms with van der Waals surface area (Å²) in [5, 5.41) is 0. The fourth-order valence-corrected chi connectivity index (χ4v) is 1.08. The molecule has 78 valence electrons. The van der Waals surface area contributed by atoms with Crippen molar-refractivity contribution in [1.82, 2.24) is 0 Å². The normalized spacial score (nSPS) is 8.93. The molecule has 0 bridgehead atoms. The van der Waals surface area contributed by atoms with Crippen molar-refractivity contribution in [2.45, 2.75) is 13.3 Å². The Bertz CT molecular complexity index is 402. The molecule has 0 amide bonds. The van der Waals surface area contributed by atoms with Crippen molar-refractivity contribution in [3.63, 3.8) is 0 Å². The van der Waals surface area contributed by atoms with Gasteiger partial charge >= 0.3 is 0 Å². The highest BCUT2D eigenvalue weighted by atomic mass is 19.1. The first-order valence-electron chi connectivity index (χ1n) is 4.55. The van der Waals surface area contributed by atoms with Crippen LogP contribution in [0.2, 0.25) is 0 Å². The molecule has 0 aliphatic heterocycles. The summed E-state index contributed by atoms with van der Waals surface area (Å²) < 4.78 is 18.0. The van der Waals surface area contributed by atoms with Gasteiger partial charge in [-0.25, -0.2) is 4.39 Å². The molecule has 0 aliphatic rings. The van der Waals surface area contributed by atoms with Gasteiger partial charge in [-0.1, -0.05) is 0 Å². The number of carbonyl (C=O) groups excluding carboxylic acids is 1. The van der Waals surface area contributed by atoms with E-state index >= 15 is 0 Å². The molecule has 0 fully saturated rings. The Balaban J connectivity index is 2.66. The smallest absolute Gasteiger partial charge is 0.153 e. The first-order valence-corrected chi connectivity index (χ1v) is 4.55. The first kappa shape index (κ1) is 11.3. The highest BCUT2D eigenvalue weighted by molar-refractivity contribution is 5.79. The molecule has 0 saturated carbocycles. The molecular weight excluding hydrogens is 195 g/mol. The molecule has 0 radical (unpaired) electrons. The molecular formula is C12H11FO2. The highest BCUT2D eigenvalue weighted by Crippen LogP contribution is 2.17. The molecule has 0 aromatic heterocycles. The van der Waals surface area contributed by atoms with Crippen molar-refractivity contribution in [1.29, 1.82) is 0 Å². The van der Waals surface area contributed by atoms with E-state index in [1.54, 1.807) is 6.92 Å². The maximum Gasteiger partial charge on any atom is 0.153 e. The molecule has 2 nitrogen and oxygen atoms in total. The maximum absolute atomic E-state index is 12.7. The Morgan fingerprint density at radius 3 is 3.00 bits per heavy atom. The molecule has 1 aromatic carbocycles. The molecule has 15 heavy (non-hydrogen) atoms. The van der Waals surface area contributed by atoms with Gasteiger partial charge in [-0.3, -0.25) is 4.79 Å². The minimum Gasteiger partial charge on any atom is -0.492 e. The number of ether oxygens (including phenoxy) is 1. The van der Waals surface area contributed by atoms with Crippen LogP contribution in [0.15, 0.2) is 18.2 Å². The summed E-state index contributed by atoms with van der Waals surface area (Å²) in [6.07, 6.45) is 1.16. The lowest BCUT2D eigenvalue weighted by Gasteiger charge is -2.06. The molecule has 0 aliphatic carbocycles. The predicted molar refractivity (Wildman–Crippen MR) is 55.3 cm³/mol. The molecule has 0 atom stereocenters. The second-order valence-electron chi connectivity index (χ2n) is 2.83. The average Bonchev–Trinajstić information content (AvgIpc) is 2.26. The Morgan fingerprint density at radius 1 is 1.53 bits per heavy atom. The molecule has 0 saturated heterocycles. The number of hydrogen-bond donors (Lipinski definition) is 0. The first-order chi connectivity index (χ1) is 7.27. The van der Waals surface area contributed by atoms with Gasteiger partial charge in [-0.15, -0.1) is 11.8 Å². The van der Waals surface area contributed by atoms with Gasteiger partial charge in [0, 0.05) is 6.42 Å². The van der Waals surface area contributed by atoms with E-state index in [4.69, 9.17) is 4.74 Å². The lowest BCUT2D eigenvalue weighted by Crippen LogP contribution is -1.99. The van der Waals surface area contributed by atoms with Crippen LogP contribution in [0.25, 0.3) is 0 Å². The zero-order chi connectivity index (χ0) is 11.1. The number of aldehydes is 1. The monoisotopic (exact) mass is 206 g/mol. The average molecular weight is 206 g/mol. The van der Waals surface area contributed by atoms with E-state index in [0.29, 0.717) is 25.1 Å². The standard InChI is InChI=1S/C12H11FO2/c1-2-3-4-7-15-12-6-5-11(13)8-10(12)9-14/h5-6,8-9H,4,7H2,1H3. The fourth-order valence-electron chi connectivity index (χ4n) is 1.08. The Labute approximate surface area is 88.1 Å². The molecule has 0 N–H and O–H groups in total. The number of rotatable bonds is 4. The topological polar surface area (TPSA) is 26.3 Å². The zero-order valence-electron chi connectivity index (χ0n) is 8.42. The van der Waals surface area contributed by atoms with E-state index in [9.17, 15) is 9.18 Å². The highest BCUT2D eigenvalue weighted by Gasteiger charge is 2.03. The summed E-state index contributed by atoms with van der Waals surface area (Å²) in [6, 6.07) is 3.85. The van der Waals surface area contributed by atoms with Crippen molar-refractivity contribution in [3.8, 4) is 17.6 Å². The van der Waals surface area contributed by atoms with Gasteiger partial charge in [0.25, 0.3) is 0 Å². The molecule has 0 heterocycles. The minimum absolute atomic E-state index is 0.222. The summed E-state index contributed by atoms with van der Waals surface area (Å²) in [6.45, 7) is 2.14. The van der Waals surface area contributed by atoms with Gasteiger partial charge < -0.3 is 4.74 Å². The SMILES string of the molecule is CC#CCCOc1ccc(F)cc1C=O. The van der Waals surface area contributed by atoms with Gasteiger partial charge in [-0.2, -0.15) is 0 Å². The number of hydrogen-bond acceptors (Lipinski definition) is 2. The van der Waals surface area contributed by atoms with Gasteiger partial charge in [0.05, 0.1) is 12.2 Å². The van der Waals surface area contributed by atoms with Gasteiger partial charge in [-0.05, 0) is 25.1 Å². The second kappa shape index (κ2) is 5.82. The van der Waals surface area contributed by atoms with Crippen LogP contribution in [0.3, 0.4) is 0 Å². The van der Waals surface area contributed by atoms with Crippen LogP contribution in [-0.2, 0) is 0 Å². The van der Waals surface area contributed by atoms with E-state index in [0.717, 1.165) is 6.07 Å². The molecule has 1 aromatic rings. The van der Waals surface area contributed by atoms with Crippen molar-refractivity contribution in [3.05, 3.63) is 29.6 Å². The number of halogens is 1. The Morgan fingerprint density at radius 2 is 2.33 bits per heavy atom. The van der Waals surface area contributed by atoms with Crippen LogP contribution < -0.4 is 4.74 Å². The zero-order valence-corrected chi connectivity index (χ0v) is 8.42. The van der Waals surface area contributed by atoms with Crippen LogP contribution in [-0.4, -0.2) is 12.9 Å². The number of benzene rings is 1. The van der Waals surface area contributed by atoms with Crippen molar-refractivity contribution in [2.24, 2.45) is 0 Å². The molecule has 3 heteroatoms. The van der Waals surface area contributed by atoms with Crippen LogP contribution in [0, 0.1) is 17.7 Å². The second-order valence-corrected chi connectivity index (χ2v) is 2.83. The van der Waals surface area contributed by atoms with E-state index in [1.165, 1.54) is 12.1 Å². The summed E-state index contributed by atoms with van der Waals surface area (Å²) in [5.74, 6) is 5.51. The molecule has 1 rings (SSSR count). The largest absolute Gasteiger partial charge is 0.492 e. The lowest BCUT2D eigenvalue weighted by atomic mass is 10.2. The van der Waals surface area contributed by atoms with Crippen LogP contribution in [0.5, 0.6) is 5.75 Å².